The third-order valence-corrected chi connectivity index (χ3v) is 9.40. The second-order valence-electron chi connectivity index (χ2n) is 12.5. The number of nitrogens with one attached hydrogen (secondary N) is 1. The maximum absolute atomic E-state index is 11.8. The van der Waals surface area contributed by atoms with Crippen molar-refractivity contribution in [3.05, 3.63) is 66.9 Å². The molecule has 0 aliphatic carbocycles. The zero-order chi connectivity index (χ0) is 32.6. The van der Waals surface area contributed by atoms with E-state index in [-0.39, 0.29) is 5.78 Å². The minimum absolute atomic E-state index is 0.0201. The van der Waals surface area contributed by atoms with Crippen molar-refractivity contribution in [1.82, 2.24) is 19.8 Å². The fourth-order valence-corrected chi connectivity index (χ4v) is 6.54. The van der Waals surface area contributed by atoms with E-state index in [9.17, 15) is 4.79 Å². The van der Waals surface area contributed by atoms with E-state index in [2.05, 4.69) is 55.7 Å². The number of ketones is 1. The monoisotopic (exact) mass is 641 g/mol. The summed E-state index contributed by atoms with van der Waals surface area (Å²) < 4.78 is 17.8. The number of piperazine rings is 1. The van der Waals surface area contributed by atoms with Crippen LogP contribution in [0, 0.1) is 0 Å². The number of allylic oxidation sites excluding steroid dienone is 1. The van der Waals surface area contributed by atoms with E-state index in [4.69, 9.17) is 19.2 Å². The van der Waals surface area contributed by atoms with Gasteiger partial charge in [0.2, 0.25) is 11.8 Å². The lowest BCUT2D eigenvalue weighted by molar-refractivity contribution is -0.114. The lowest BCUT2D eigenvalue weighted by atomic mass is 10.0. The summed E-state index contributed by atoms with van der Waals surface area (Å²) in [6.45, 7) is 13.0. The molecule has 4 heterocycles. The molecule has 1 N–H and O–H groups in total. The molecule has 0 amide bonds. The maximum atomic E-state index is 11.8. The van der Waals surface area contributed by atoms with Crippen LogP contribution < -0.4 is 24.6 Å². The molecule has 0 unspecified atom stereocenters. The van der Waals surface area contributed by atoms with Gasteiger partial charge in [0, 0.05) is 76.6 Å². The fourth-order valence-electron chi connectivity index (χ4n) is 6.54. The zero-order valence-electron chi connectivity index (χ0n) is 27.7. The first kappa shape index (κ1) is 32.7. The highest BCUT2D eigenvalue weighted by molar-refractivity contribution is 5.89. The van der Waals surface area contributed by atoms with Crippen molar-refractivity contribution >= 4 is 28.8 Å². The number of hydrogen-bond acceptors (Lipinski definition) is 11. The Morgan fingerprint density at radius 1 is 1.02 bits per heavy atom. The minimum Gasteiger partial charge on any atom is -0.494 e. The highest BCUT2D eigenvalue weighted by Gasteiger charge is 2.27. The number of piperidine rings is 1. The molecule has 11 nitrogen and oxygen atoms in total. The largest absolute Gasteiger partial charge is 0.494 e. The summed E-state index contributed by atoms with van der Waals surface area (Å²) in [6.07, 6.45) is 6.53. The first-order valence-corrected chi connectivity index (χ1v) is 16.7. The molecule has 11 heteroatoms. The number of aryl methyl sites for hydroxylation is 1. The molecule has 3 fully saturated rings. The van der Waals surface area contributed by atoms with Gasteiger partial charge in [-0.05, 0) is 62.2 Å². The molecule has 6 rings (SSSR count). The van der Waals surface area contributed by atoms with Gasteiger partial charge in [0.1, 0.15) is 17.2 Å². The van der Waals surface area contributed by atoms with Crippen molar-refractivity contribution in [2.45, 2.75) is 31.7 Å². The van der Waals surface area contributed by atoms with Crippen LogP contribution in [-0.4, -0.2) is 111 Å². The Hall–Kier alpha value is -4.19. The first-order valence-electron chi connectivity index (χ1n) is 16.7. The Morgan fingerprint density at radius 2 is 1.81 bits per heavy atom. The number of nitrogens with zero attached hydrogens (tertiary/aromatic N) is 6. The standard InChI is InChI=1S/C36H47N7O4/c1-4-30(44)10-8-27-6-5-7-31(24-27)47-35-33(43-20-22-46-23-21-43)26-37-36(39-35)38-32-11-9-29(25-34(32)45-3)41-14-12-28(13-15-41)42-18-16-40(2)17-19-42/h4-7,9,11,24-26,28H,1,8,10,12-23H2,2-3H3,(H,37,38,39). The van der Waals surface area contributed by atoms with Crippen molar-refractivity contribution in [1.29, 1.82) is 0 Å². The smallest absolute Gasteiger partial charge is 0.248 e. The van der Waals surface area contributed by atoms with Gasteiger partial charge in [0.05, 0.1) is 32.2 Å². The topological polar surface area (TPSA) is 95.5 Å². The van der Waals surface area contributed by atoms with Gasteiger partial charge in [0.25, 0.3) is 0 Å². The second kappa shape index (κ2) is 15.6. The summed E-state index contributed by atoms with van der Waals surface area (Å²) in [6, 6.07) is 14.7. The molecule has 0 atom stereocenters. The molecule has 3 saturated heterocycles. The third kappa shape index (κ3) is 8.40. The number of likely N-dealkylation sites (N-methyl/N-ethyl adjacent to an activating group) is 1. The number of hydrogen-bond donors (Lipinski definition) is 1. The summed E-state index contributed by atoms with van der Waals surface area (Å²) in [5.74, 6) is 2.25. The molecule has 3 aromatic rings. The van der Waals surface area contributed by atoms with Crippen LogP contribution in [0.1, 0.15) is 24.8 Å². The lowest BCUT2D eigenvalue weighted by Gasteiger charge is -2.42. The Bertz CT molecular complexity index is 1510. The molecule has 2 aromatic carbocycles. The third-order valence-electron chi connectivity index (χ3n) is 9.40. The number of benzene rings is 2. The van der Waals surface area contributed by atoms with Gasteiger partial charge in [-0.1, -0.05) is 18.7 Å². The molecular formula is C36H47N7O4. The molecule has 250 valence electrons. The molecule has 1 aromatic heterocycles. The van der Waals surface area contributed by atoms with Gasteiger partial charge in [-0.3, -0.25) is 9.69 Å². The van der Waals surface area contributed by atoms with Gasteiger partial charge in [-0.25, -0.2) is 4.98 Å². The Labute approximate surface area is 278 Å². The van der Waals surface area contributed by atoms with Gasteiger partial charge in [-0.15, -0.1) is 0 Å². The van der Waals surface area contributed by atoms with Crippen molar-refractivity contribution in [2.24, 2.45) is 0 Å². The summed E-state index contributed by atoms with van der Waals surface area (Å²) >= 11 is 0. The number of carbonyl (C=O) groups is 1. The molecule has 0 radical (unpaired) electrons. The van der Waals surface area contributed by atoms with Crippen LogP contribution in [-0.2, 0) is 16.0 Å². The molecular weight excluding hydrogens is 594 g/mol. The Balaban J connectivity index is 1.16. The van der Waals surface area contributed by atoms with E-state index in [1.807, 2.05) is 30.3 Å². The highest BCUT2D eigenvalue weighted by atomic mass is 16.5. The normalized spacial score (nSPS) is 18.2. The molecule has 47 heavy (non-hydrogen) atoms. The van der Waals surface area contributed by atoms with Crippen molar-refractivity contribution in [2.75, 3.05) is 94.8 Å². The number of morpholine rings is 1. The van der Waals surface area contributed by atoms with E-state index in [1.165, 1.54) is 32.0 Å². The van der Waals surface area contributed by atoms with E-state index in [0.29, 0.717) is 49.7 Å². The SMILES string of the molecule is C=CC(=O)CCc1cccc(Oc2nc(Nc3ccc(N4CCC(N5CCN(C)CC5)CC4)cc3OC)ncc2N2CCOCC2)c1. The fraction of sp³-hybridized carbons (Fsp3) is 0.472. The summed E-state index contributed by atoms with van der Waals surface area (Å²) in [5.41, 5.74) is 3.74. The average Bonchev–Trinajstić information content (AvgIpc) is 3.12. The number of ether oxygens (including phenoxy) is 3. The number of rotatable bonds is 12. The summed E-state index contributed by atoms with van der Waals surface area (Å²) in [7, 11) is 3.90. The van der Waals surface area contributed by atoms with Crippen LogP contribution in [0.3, 0.4) is 0 Å². The van der Waals surface area contributed by atoms with Crippen LogP contribution in [0.15, 0.2) is 61.3 Å². The molecule has 0 bridgehead atoms. The van der Waals surface area contributed by atoms with Gasteiger partial charge in [0.15, 0.2) is 5.78 Å². The summed E-state index contributed by atoms with van der Waals surface area (Å²) in [5, 5.41) is 3.37. The lowest BCUT2D eigenvalue weighted by Crippen LogP contribution is -2.52. The van der Waals surface area contributed by atoms with Crippen LogP contribution >= 0.6 is 0 Å². The maximum Gasteiger partial charge on any atom is 0.248 e. The molecule has 0 spiro atoms. The van der Waals surface area contributed by atoms with Gasteiger partial charge < -0.3 is 34.2 Å². The predicted octanol–water partition coefficient (Wildman–Crippen LogP) is 4.76. The zero-order valence-corrected chi connectivity index (χ0v) is 27.7. The van der Waals surface area contributed by atoms with Crippen LogP contribution in [0.2, 0.25) is 0 Å². The molecule has 0 saturated carbocycles. The highest BCUT2D eigenvalue weighted by Crippen LogP contribution is 2.36. The molecule has 3 aliphatic heterocycles. The number of aromatic nitrogens is 2. The van der Waals surface area contributed by atoms with Gasteiger partial charge in [-0.2, -0.15) is 4.98 Å². The van der Waals surface area contributed by atoms with Crippen LogP contribution in [0.25, 0.3) is 0 Å². The average molecular weight is 642 g/mol. The van der Waals surface area contributed by atoms with Crippen molar-refractivity contribution in [3.8, 4) is 17.4 Å². The first-order chi connectivity index (χ1) is 23.0. The van der Waals surface area contributed by atoms with E-state index in [0.717, 1.165) is 67.6 Å². The Morgan fingerprint density at radius 3 is 2.55 bits per heavy atom. The van der Waals surface area contributed by atoms with Crippen LogP contribution in [0.4, 0.5) is 23.0 Å². The van der Waals surface area contributed by atoms with Crippen molar-refractivity contribution in [3.63, 3.8) is 0 Å². The second-order valence-corrected chi connectivity index (χ2v) is 12.5. The van der Waals surface area contributed by atoms with Gasteiger partial charge >= 0.3 is 0 Å². The van der Waals surface area contributed by atoms with Crippen molar-refractivity contribution < 1.29 is 19.0 Å². The van der Waals surface area contributed by atoms with E-state index < -0.39 is 0 Å². The van der Waals surface area contributed by atoms with Crippen LogP contribution in [0.5, 0.6) is 17.4 Å². The predicted molar refractivity (Wildman–Crippen MR) is 186 cm³/mol. The number of methoxy groups -OCH3 is 1. The minimum atomic E-state index is 0.0201. The quantitative estimate of drug-likeness (QED) is 0.278. The van der Waals surface area contributed by atoms with E-state index >= 15 is 0 Å². The number of anilines is 4. The van der Waals surface area contributed by atoms with E-state index in [1.54, 1.807) is 13.3 Å². The number of carbonyl (C=O) groups excluding carboxylic acids is 1. The Kier molecular flexibility index (Phi) is 10.9. The summed E-state index contributed by atoms with van der Waals surface area (Å²) in [4.78, 5) is 31.0. The molecule has 3 aliphatic rings.